The number of nitrogens with one attached hydrogen (secondary N) is 2. The molecule has 0 unspecified atom stereocenters. The summed E-state index contributed by atoms with van der Waals surface area (Å²) in [5, 5.41) is 16.5. The Morgan fingerprint density at radius 1 is 1.09 bits per heavy atom. The van der Waals surface area contributed by atoms with Crippen LogP contribution in [0.5, 0.6) is 0 Å². The number of fused-ring (bicyclic) bond motifs is 3. The highest BCUT2D eigenvalue weighted by molar-refractivity contribution is 7.09. The third-order valence-corrected chi connectivity index (χ3v) is 6.47. The quantitative estimate of drug-likeness (QED) is 0.431. The fourth-order valence-corrected chi connectivity index (χ4v) is 4.82. The summed E-state index contributed by atoms with van der Waals surface area (Å²) in [6, 6.07) is 15.8. The van der Waals surface area contributed by atoms with Crippen LogP contribution in [0.4, 0.5) is 4.79 Å². The third-order valence-electron chi connectivity index (χ3n) is 5.57. The highest BCUT2D eigenvalue weighted by atomic mass is 32.1. The number of hydrogen-bond acceptors (Lipinski definition) is 6. The first-order valence-corrected chi connectivity index (χ1v) is 11.8. The van der Waals surface area contributed by atoms with Crippen molar-refractivity contribution in [2.75, 3.05) is 6.61 Å². The molecule has 1 heterocycles. The van der Waals surface area contributed by atoms with Gasteiger partial charge in [0.25, 0.3) is 0 Å². The molecule has 0 saturated carbocycles. The monoisotopic (exact) mass is 479 g/mol. The van der Waals surface area contributed by atoms with Gasteiger partial charge in [0.15, 0.2) is 0 Å². The molecule has 0 fully saturated rings. The van der Waals surface area contributed by atoms with Crippen LogP contribution in [0.3, 0.4) is 0 Å². The van der Waals surface area contributed by atoms with E-state index >= 15 is 0 Å². The summed E-state index contributed by atoms with van der Waals surface area (Å²) in [6.45, 7) is 2.15. The molecule has 2 amide bonds. The van der Waals surface area contributed by atoms with Crippen molar-refractivity contribution in [3.63, 3.8) is 0 Å². The number of carbonyl (C=O) groups excluding carboxylic acids is 2. The zero-order valence-corrected chi connectivity index (χ0v) is 19.4. The van der Waals surface area contributed by atoms with Crippen molar-refractivity contribution in [3.05, 3.63) is 75.7 Å². The number of ether oxygens (including phenoxy) is 1. The minimum Gasteiger partial charge on any atom is -0.481 e. The fourth-order valence-electron chi connectivity index (χ4n) is 4.08. The maximum Gasteiger partial charge on any atom is 0.407 e. The maximum absolute atomic E-state index is 12.4. The minimum absolute atomic E-state index is 0.0268. The molecule has 34 heavy (non-hydrogen) atoms. The second-order valence-corrected chi connectivity index (χ2v) is 9.10. The SMILES string of the molecule is C[C@@H](CC(=O)NCc1nc(CC(=O)O)cs1)NC(=O)OCC1c2ccccc2-c2ccccc21. The lowest BCUT2D eigenvalue weighted by Gasteiger charge is -2.17. The molecule has 1 aromatic heterocycles. The number of carboxylic acids is 1. The molecule has 0 radical (unpaired) electrons. The second-order valence-electron chi connectivity index (χ2n) is 8.15. The number of hydrogen-bond donors (Lipinski definition) is 3. The lowest BCUT2D eigenvalue weighted by Crippen LogP contribution is -2.37. The molecule has 3 aromatic rings. The van der Waals surface area contributed by atoms with Gasteiger partial charge in [0.2, 0.25) is 5.91 Å². The number of carbonyl (C=O) groups is 3. The topological polar surface area (TPSA) is 118 Å². The van der Waals surface area contributed by atoms with Gasteiger partial charge in [-0.1, -0.05) is 48.5 Å². The summed E-state index contributed by atoms with van der Waals surface area (Å²) in [7, 11) is 0. The van der Waals surface area contributed by atoms with Gasteiger partial charge < -0.3 is 20.5 Å². The second kappa shape index (κ2) is 10.5. The van der Waals surface area contributed by atoms with Crippen molar-refractivity contribution >= 4 is 29.3 Å². The Bertz CT molecular complexity index is 1160. The van der Waals surface area contributed by atoms with E-state index in [1.807, 2.05) is 24.3 Å². The molecule has 4 rings (SSSR count). The van der Waals surface area contributed by atoms with Gasteiger partial charge in [-0.05, 0) is 29.2 Å². The van der Waals surface area contributed by atoms with Gasteiger partial charge in [-0.2, -0.15) is 0 Å². The van der Waals surface area contributed by atoms with E-state index in [0.29, 0.717) is 10.7 Å². The third kappa shape index (κ3) is 5.60. The van der Waals surface area contributed by atoms with Gasteiger partial charge in [0.1, 0.15) is 11.6 Å². The summed E-state index contributed by atoms with van der Waals surface area (Å²) >= 11 is 1.29. The molecule has 0 bridgehead atoms. The smallest absolute Gasteiger partial charge is 0.407 e. The van der Waals surface area contributed by atoms with Crippen molar-refractivity contribution in [1.82, 2.24) is 15.6 Å². The number of alkyl carbamates (subject to hydrolysis) is 1. The van der Waals surface area contributed by atoms with Gasteiger partial charge in [0, 0.05) is 23.8 Å². The molecule has 0 aliphatic heterocycles. The summed E-state index contributed by atoms with van der Waals surface area (Å²) in [4.78, 5) is 39.5. The van der Waals surface area contributed by atoms with E-state index in [1.54, 1.807) is 12.3 Å². The first-order valence-electron chi connectivity index (χ1n) is 10.9. The zero-order valence-electron chi connectivity index (χ0n) is 18.6. The predicted octanol–water partition coefficient (Wildman–Crippen LogP) is 3.70. The van der Waals surface area contributed by atoms with Crippen molar-refractivity contribution in [2.45, 2.75) is 38.3 Å². The molecule has 1 aliphatic carbocycles. The van der Waals surface area contributed by atoms with Crippen LogP contribution in [-0.4, -0.2) is 40.7 Å². The van der Waals surface area contributed by atoms with Crippen LogP contribution in [0.1, 0.15) is 41.1 Å². The van der Waals surface area contributed by atoms with E-state index in [-0.39, 0.29) is 37.8 Å². The molecule has 8 nitrogen and oxygen atoms in total. The number of amides is 2. The van der Waals surface area contributed by atoms with Crippen LogP contribution < -0.4 is 10.6 Å². The van der Waals surface area contributed by atoms with Gasteiger partial charge in [0.05, 0.1) is 18.7 Å². The molecule has 3 N–H and O–H groups in total. The largest absolute Gasteiger partial charge is 0.481 e. The average molecular weight is 480 g/mol. The first-order chi connectivity index (χ1) is 16.4. The number of aliphatic carboxylic acids is 1. The van der Waals surface area contributed by atoms with E-state index in [2.05, 4.69) is 39.9 Å². The fraction of sp³-hybridized carbons (Fsp3) is 0.280. The number of thiazole rings is 1. The van der Waals surface area contributed by atoms with Crippen LogP contribution in [0.2, 0.25) is 0 Å². The van der Waals surface area contributed by atoms with Gasteiger partial charge in [-0.3, -0.25) is 9.59 Å². The van der Waals surface area contributed by atoms with Crippen LogP contribution in [0.15, 0.2) is 53.9 Å². The standard InChI is InChI=1S/C25H25N3O5S/c1-15(10-22(29)26-12-23-28-16(14-34-23)11-24(30)31)27-25(32)33-13-21-19-8-4-2-6-17(19)18-7-3-5-9-20(18)21/h2-9,14-15,21H,10-13H2,1H3,(H,26,29)(H,27,32)(H,30,31)/t15-/m0/s1. The molecule has 0 spiro atoms. The average Bonchev–Trinajstić information content (AvgIpc) is 3.38. The van der Waals surface area contributed by atoms with Gasteiger partial charge in [-0.15, -0.1) is 11.3 Å². The van der Waals surface area contributed by atoms with Crippen molar-refractivity contribution in [3.8, 4) is 11.1 Å². The summed E-state index contributed by atoms with van der Waals surface area (Å²) in [5.41, 5.74) is 5.06. The number of benzene rings is 2. The lowest BCUT2D eigenvalue weighted by molar-refractivity contribution is -0.136. The van der Waals surface area contributed by atoms with Crippen molar-refractivity contribution < 1.29 is 24.2 Å². The highest BCUT2D eigenvalue weighted by Crippen LogP contribution is 2.44. The van der Waals surface area contributed by atoms with Crippen LogP contribution >= 0.6 is 11.3 Å². The van der Waals surface area contributed by atoms with Crippen LogP contribution in [0, 0.1) is 0 Å². The predicted molar refractivity (Wildman–Crippen MR) is 128 cm³/mol. The van der Waals surface area contributed by atoms with E-state index in [1.165, 1.54) is 11.3 Å². The molecule has 9 heteroatoms. The minimum atomic E-state index is -0.950. The first kappa shape index (κ1) is 23.4. The number of nitrogens with zero attached hydrogens (tertiary/aromatic N) is 1. The van der Waals surface area contributed by atoms with E-state index in [9.17, 15) is 14.4 Å². The Labute approximate surface area is 201 Å². The molecule has 1 atom stereocenters. The van der Waals surface area contributed by atoms with Crippen molar-refractivity contribution in [2.24, 2.45) is 0 Å². The number of rotatable bonds is 9. The van der Waals surface area contributed by atoms with E-state index in [0.717, 1.165) is 22.3 Å². The number of aromatic nitrogens is 1. The Balaban J connectivity index is 1.23. The highest BCUT2D eigenvalue weighted by Gasteiger charge is 2.29. The number of carboxylic acid groups (broad SMARTS) is 1. The molecule has 176 valence electrons. The molecular formula is C25H25N3O5S. The van der Waals surface area contributed by atoms with E-state index in [4.69, 9.17) is 9.84 Å². The molecular weight excluding hydrogens is 454 g/mol. The summed E-state index contributed by atoms with van der Waals surface area (Å²) in [6.07, 6.45) is -0.635. The van der Waals surface area contributed by atoms with Crippen LogP contribution in [0.25, 0.3) is 11.1 Å². The molecule has 2 aromatic carbocycles. The van der Waals surface area contributed by atoms with Crippen LogP contribution in [-0.2, 0) is 27.3 Å². The van der Waals surface area contributed by atoms with Gasteiger partial charge in [-0.25, -0.2) is 9.78 Å². The Morgan fingerprint density at radius 3 is 2.38 bits per heavy atom. The normalized spacial score (nSPS) is 13.0. The Kier molecular flexibility index (Phi) is 7.22. The summed E-state index contributed by atoms with van der Waals surface area (Å²) in [5.74, 6) is -1.23. The molecule has 0 saturated heterocycles. The lowest BCUT2D eigenvalue weighted by atomic mass is 9.98. The summed E-state index contributed by atoms with van der Waals surface area (Å²) < 4.78 is 5.52. The Morgan fingerprint density at radius 2 is 1.74 bits per heavy atom. The van der Waals surface area contributed by atoms with E-state index < -0.39 is 18.1 Å². The zero-order chi connectivity index (χ0) is 24.1. The van der Waals surface area contributed by atoms with Gasteiger partial charge >= 0.3 is 12.1 Å². The maximum atomic E-state index is 12.4. The Hall–Kier alpha value is -3.72. The van der Waals surface area contributed by atoms with Crippen molar-refractivity contribution in [1.29, 1.82) is 0 Å². The molecule has 1 aliphatic rings.